The van der Waals surface area contributed by atoms with Gasteiger partial charge in [-0.15, -0.1) is 0 Å². The summed E-state index contributed by atoms with van der Waals surface area (Å²) in [5, 5.41) is 0. The van der Waals surface area contributed by atoms with E-state index >= 15 is 0 Å². The number of alkyl halides is 3. The summed E-state index contributed by atoms with van der Waals surface area (Å²) in [6.07, 6.45) is -4.44. The molecule has 3 aromatic rings. The average Bonchev–Trinajstić information content (AvgIpc) is 2.83. The highest BCUT2D eigenvalue weighted by Crippen LogP contribution is 2.31. The number of benzene rings is 2. The van der Waals surface area contributed by atoms with Crippen LogP contribution in [0.1, 0.15) is 33.3 Å². The number of hydrogen-bond acceptors (Lipinski definition) is 6. The maximum atomic E-state index is 12.9. The molecule has 176 valence electrons. The molecule has 0 aliphatic carbocycles. The largest absolute Gasteiger partial charge is 0.416 e. The molecule has 1 amide bonds. The molecule has 0 atom stereocenters. The molecule has 34 heavy (non-hydrogen) atoms. The van der Waals surface area contributed by atoms with Crippen molar-refractivity contribution in [1.29, 1.82) is 0 Å². The molecular weight excluding hydrogens is 447 g/mol. The summed E-state index contributed by atoms with van der Waals surface area (Å²) in [6, 6.07) is 13.3. The standard InChI is InChI=1S/C24H22F3N5O2/c1-15(33)16-4-8-19(9-5-16)31-10-12-32(13-11-31)23-29-20(14-21(30-23)22(28)34)17-2-6-18(7-3-17)24(25,26)27/h2-9,14H,10-13H2,1H3,(H2,28,34). The number of carbonyl (C=O) groups excluding carboxylic acids is 2. The molecule has 1 fully saturated rings. The van der Waals surface area contributed by atoms with Gasteiger partial charge in [0.05, 0.1) is 11.3 Å². The second-order valence-corrected chi connectivity index (χ2v) is 7.95. The van der Waals surface area contributed by atoms with E-state index in [0.29, 0.717) is 43.0 Å². The predicted molar refractivity (Wildman–Crippen MR) is 122 cm³/mol. The Morgan fingerprint density at radius 3 is 2.00 bits per heavy atom. The molecule has 0 radical (unpaired) electrons. The Balaban J connectivity index is 1.54. The van der Waals surface area contributed by atoms with Crippen LogP contribution in [0.4, 0.5) is 24.8 Å². The molecule has 0 spiro atoms. The molecule has 0 bridgehead atoms. The zero-order chi connectivity index (χ0) is 24.5. The Morgan fingerprint density at radius 1 is 0.882 bits per heavy atom. The van der Waals surface area contributed by atoms with Crippen LogP contribution in [-0.4, -0.2) is 47.8 Å². The second kappa shape index (κ2) is 9.12. The van der Waals surface area contributed by atoms with E-state index in [-0.39, 0.29) is 17.4 Å². The predicted octanol–water partition coefficient (Wildman–Crippen LogP) is 3.79. The number of aromatic nitrogens is 2. The lowest BCUT2D eigenvalue weighted by molar-refractivity contribution is -0.137. The van der Waals surface area contributed by atoms with Crippen LogP contribution in [0.5, 0.6) is 0 Å². The monoisotopic (exact) mass is 469 g/mol. The number of rotatable bonds is 5. The Labute approximate surface area is 194 Å². The van der Waals surface area contributed by atoms with E-state index in [2.05, 4.69) is 14.9 Å². The number of primary amides is 1. The SMILES string of the molecule is CC(=O)c1ccc(N2CCN(c3nc(C(N)=O)cc(-c4ccc(C(F)(F)F)cc4)n3)CC2)cc1. The summed E-state index contributed by atoms with van der Waals surface area (Å²) >= 11 is 0. The zero-order valence-electron chi connectivity index (χ0n) is 18.3. The molecule has 1 aromatic heterocycles. The minimum Gasteiger partial charge on any atom is -0.368 e. The summed E-state index contributed by atoms with van der Waals surface area (Å²) in [7, 11) is 0. The topological polar surface area (TPSA) is 92.4 Å². The molecular formula is C24H22F3N5O2. The van der Waals surface area contributed by atoms with Gasteiger partial charge in [0.1, 0.15) is 5.69 Å². The Bertz CT molecular complexity index is 1200. The van der Waals surface area contributed by atoms with Crippen molar-refractivity contribution in [3.63, 3.8) is 0 Å². The first-order valence-electron chi connectivity index (χ1n) is 10.6. The normalized spacial score (nSPS) is 14.2. The number of carbonyl (C=O) groups is 2. The van der Waals surface area contributed by atoms with E-state index < -0.39 is 17.6 Å². The van der Waals surface area contributed by atoms with Gasteiger partial charge in [0.15, 0.2) is 5.78 Å². The molecule has 2 N–H and O–H groups in total. The summed E-state index contributed by atoms with van der Waals surface area (Å²) in [4.78, 5) is 36.2. The Morgan fingerprint density at radius 2 is 1.47 bits per heavy atom. The van der Waals surface area contributed by atoms with Gasteiger partial charge in [-0.25, -0.2) is 9.97 Å². The van der Waals surface area contributed by atoms with Crippen molar-refractivity contribution in [2.45, 2.75) is 13.1 Å². The molecule has 1 saturated heterocycles. The Hall–Kier alpha value is -3.95. The van der Waals surface area contributed by atoms with E-state index in [1.807, 2.05) is 17.0 Å². The molecule has 1 aliphatic heterocycles. The summed E-state index contributed by atoms with van der Waals surface area (Å²) < 4.78 is 38.7. The van der Waals surface area contributed by atoms with Crippen molar-refractivity contribution in [3.05, 3.63) is 71.4 Å². The third kappa shape index (κ3) is 5.00. The number of hydrogen-bond donors (Lipinski definition) is 1. The lowest BCUT2D eigenvalue weighted by Gasteiger charge is -2.36. The average molecular weight is 469 g/mol. The molecule has 0 saturated carbocycles. The Kier molecular flexibility index (Phi) is 6.23. The third-order valence-corrected chi connectivity index (χ3v) is 5.68. The first-order valence-corrected chi connectivity index (χ1v) is 10.6. The van der Waals surface area contributed by atoms with Crippen LogP contribution in [0.3, 0.4) is 0 Å². The van der Waals surface area contributed by atoms with E-state index in [0.717, 1.165) is 17.8 Å². The number of Topliss-reactive ketones (excluding diaryl/α,β-unsaturated/α-hetero) is 1. The fourth-order valence-electron chi connectivity index (χ4n) is 3.75. The van der Waals surface area contributed by atoms with E-state index in [4.69, 9.17) is 5.73 Å². The van der Waals surface area contributed by atoms with Crippen molar-refractivity contribution in [2.75, 3.05) is 36.0 Å². The van der Waals surface area contributed by atoms with Crippen molar-refractivity contribution in [3.8, 4) is 11.3 Å². The van der Waals surface area contributed by atoms with Gasteiger partial charge >= 0.3 is 6.18 Å². The fraction of sp³-hybridized carbons (Fsp3) is 0.250. The summed E-state index contributed by atoms with van der Waals surface area (Å²) in [5.41, 5.74) is 7.03. The van der Waals surface area contributed by atoms with Crippen LogP contribution in [0, 0.1) is 0 Å². The first kappa shape index (κ1) is 23.2. The minimum atomic E-state index is -4.44. The van der Waals surface area contributed by atoms with Crippen LogP contribution in [-0.2, 0) is 6.18 Å². The molecule has 2 aromatic carbocycles. The van der Waals surface area contributed by atoms with E-state index in [1.54, 1.807) is 12.1 Å². The summed E-state index contributed by atoms with van der Waals surface area (Å²) in [6.45, 7) is 3.94. The van der Waals surface area contributed by atoms with Crippen LogP contribution >= 0.6 is 0 Å². The van der Waals surface area contributed by atoms with Crippen molar-refractivity contribution in [2.24, 2.45) is 5.73 Å². The van der Waals surface area contributed by atoms with Gasteiger partial charge in [-0.2, -0.15) is 13.2 Å². The maximum Gasteiger partial charge on any atom is 0.416 e. The van der Waals surface area contributed by atoms with Gasteiger partial charge in [0.2, 0.25) is 5.95 Å². The van der Waals surface area contributed by atoms with Gasteiger partial charge in [-0.3, -0.25) is 9.59 Å². The number of ketones is 1. The number of piperazine rings is 1. The maximum absolute atomic E-state index is 12.9. The van der Waals surface area contributed by atoms with Crippen molar-refractivity contribution < 1.29 is 22.8 Å². The third-order valence-electron chi connectivity index (χ3n) is 5.68. The second-order valence-electron chi connectivity index (χ2n) is 7.95. The van der Waals surface area contributed by atoms with E-state index in [9.17, 15) is 22.8 Å². The smallest absolute Gasteiger partial charge is 0.368 e. The number of nitrogens with zero attached hydrogens (tertiary/aromatic N) is 4. The van der Waals surface area contributed by atoms with Crippen molar-refractivity contribution in [1.82, 2.24) is 9.97 Å². The molecule has 10 heteroatoms. The highest BCUT2D eigenvalue weighted by molar-refractivity contribution is 5.94. The van der Waals surface area contributed by atoms with Gasteiger partial charge in [-0.1, -0.05) is 12.1 Å². The van der Waals surface area contributed by atoms with Crippen LogP contribution in [0.15, 0.2) is 54.6 Å². The quantitative estimate of drug-likeness (QED) is 0.572. The number of nitrogens with two attached hydrogens (primary N) is 1. The molecule has 7 nitrogen and oxygen atoms in total. The highest BCUT2D eigenvalue weighted by atomic mass is 19.4. The number of anilines is 2. The van der Waals surface area contributed by atoms with Gasteiger partial charge in [0.25, 0.3) is 5.91 Å². The zero-order valence-corrected chi connectivity index (χ0v) is 18.3. The van der Waals surface area contributed by atoms with Crippen LogP contribution in [0.25, 0.3) is 11.3 Å². The highest BCUT2D eigenvalue weighted by Gasteiger charge is 2.30. The van der Waals surface area contributed by atoms with Crippen molar-refractivity contribution >= 4 is 23.3 Å². The summed E-state index contributed by atoms with van der Waals surface area (Å²) in [5.74, 6) is -0.453. The molecule has 0 unspecified atom stereocenters. The minimum absolute atomic E-state index is 0.00620. The van der Waals surface area contributed by atoms with Gasteiger partial charge < -0.3 is 15.5 Å². The van der Waals surface area contributed by atoms with E-state index in [1.165, 1.54) is 25.1 Å². The number of amides is 1. The lowest BCUT2D eigenvalue weighted by atomic mass is 10.1. The molecule has 4 rings (SSSR count). The lowest BCUT2D eigenvalue weighted by Crippen LogP contribution is -2.47. The fourth-order valence-corrected chi connectivity index (χ4v) is 3.75. The van der Waals surface area contributed by atoms with Gasteiger partial charge in [-0.05, 0) is 49.4 Å². The first-order chi connectivity index (χ1) is 16.1. The number of halogens is 3. The molecule has 1 aliphatic rings. The van der Waals surface area contributed by atoms with Crippen LogP contribution < -0.4 is 15.5 Å². The molecule has 2 heterocycles. The van der Waals surface area contributed by atoms with Gasteiger partial charge in [0, 0.05) is 43.0 Å². The van der Waals surface area contributed by atoms with Crippen LogP contribution in [0.2, 0.25) is 0 Å².